The van der Waals surface area contributed by atoms with Crippen LogP contribution in [0.25, 0.3) is 0 Å². The Morgan fingerprint density at radius 2 is 1.80 bits per heavy atom. The number of carbonyl (C=O) groups excluding carboxylic acids is 1. The number of urea groups is 1. The third-order valence-corrected chi connectivity index (χ3v) is 3.92. The van der Waals surface area contributed by atoms with Gasteiger partial charge in [-0.1, -0.05) is 26.7 Å². The first-order chi connectivity index (χ1) is 9.40. The van der Waals surface area contributed by atoms with Crippen LogP contribution in [0.1, 0.15) is 52.9 Å². The normalized spacial score (nSPS) is 18.1. The van der Waals surface area contributed by atoms with Crippen LogP contribution in [0, 0.1) is 11.8 Å². The fourth-order valence-corrected chi connectivity index (χ4v) is 2.54. The van der Waals surface area contributed by atoms with E-state index in [2.05, 4.69) is 19.2 Å². The summed E-state index contributed by atoms with van der Waals surface area (Å²) in [5.41, 5.74) is 0. The molecular weight excluding hydrogens is 256 g/mol. The van der Waals surface area contributed by atoms with Gasteiger partial charge in [-0.05, 0) is 32.1 Å². The van der Waals surface area contributed by atoms with Crippen molar-refractivity contribution in [3.8, 4) is 0 Å². The lowest BCUT2D eigenvalue weighted by atomic mass is 9.97. The molecule has 1 aliphatic rings. The molecule has 20 heavy (non-hydrogen) atoms. The molecule has 1 rings (SSSR count). The second-order valence-corrected chi connectivity index (χ2v) is 6.27. The SMILES string of the molecule is CC(C)CCCC(C)NC(=O)N1CCC(C(=O)O)CC1. The van der Waals surface area contributed by atoms with E-state index in [4.69, 9.17) is 5.11 Å². The van der Waals surface area contributed by atoms with Gasteiger partial charge >= 0.3 is 12.0 Å². The van der Waals surface area contributed by atoms with Crippen molar-refractivity contribution >= 4 is 12.0 Å². The second-order valence-electron chi connectivity index (χ2n) is 6.27. The molecule has 2 amide bonds. The summed E-state index contributed by atoms with van der Waals surface area (Å²) in [6.07, 6.45) is 4.43. The first-order valence-electron chi connectivity index (χ1n) is 7.68. The van der Waals surface area contributed by atoms with Gasteiger partial charge in [-0.25, -0.2) is 4.79 Å². The fourth-order valence-electron chi connectivity index (χ4n) is 2.54. The Hall–Kier alpha value is -1.26. The molecule has 0 spiro atoms. The molecule has 1 unspecified atom stereocenters. The highest BCUT2D eigenvalue weighted by Gasteiger charge is 2.27. The maximum absolute atomic E-state index is 12.0. The molecule has 5 heteroatoms. The van der Waals surface area contributed by atoms with E-state index in [1.165, 1.54) is 6.42 Å². The molecule has 1 atom stereocenters. The van der Waals surface area contributed by atoms with E-state index in [0.29, 0.717) is 31.8 Å². The number of likely N-dealkylation sites (tertiary alicyclic amines) is 1. The topological polar surface area (TPSA) is 69.6 Å². The fraction of sp³-hybridized carbons (Fsp3) is 0.867. The van der Waals surface area contributed by atoms with Crippen LogP contribution >= 0.6 is 0 Å². The highest BCUT2D eigenvalue weighted by Crippen LogP contribution is 2.17. The van der Waals surface area contributed by atoms with Crippen molar-refractivity contribution < 1.29 is 14.7 Å². The van der Waals surface area contributed by atoms with Crippen molar-refractivity contribution in [3.05, 3.63) is 0 Å². The van der Waals surface area contributed by atoms with Gasteiger partial charge in [0.05, 0.1) is 5.92 Å². The number of rotatable bonds is 6. The molecule has 0 aromatic carbocycles. The number of carboxylic acids is 1. The first kappa shape index (κ1) is 16.8. The van der Waals surface area contributed by atoms with Gasteiger partial charge in [0.25, 0.3) is 0 Å². The Kier molecular flexibility index (Phi) is 6.82. The third kappa shape index (κ3) is 5.80. The van der Waals surface area contributed by atoms with Crippen LogP contribution in [0.2, 0.25) is 0 Å². The maximum atomic E-state index is 12.0. The molecule has 0 aromatic heterocycles. The van der Waals surface area contributed by atoms with Crippen LogP contribution in [0.5, 0.6) is 0 Å². The summed E-state index contributed by atoms with van der Waals surface area (Å²) in [6, 6.07) is 0.129. The van der Waals surface area contributed by atoms with Gasteiger partial charge in [-0.3, -0.25) is 4.79 Å². The van der Waals surface area contributed by atoms with Gasteiger partial charge in [-0.2, -0.15) is 0 Å². The van der Waals surface area contributed by atoms with E-state index in [1.807, 2.05) is 6.92 Å². The summed E-state index contributed by atoms with van der Waals surface area (Å²) >= 11 is 0. The van der Waals surface area contributed by atoms with E-state index in [0.717, 1.165) is 12.8 Å². The van der Waals surface area contributed by atoms with E-state index < -0.39 is 5.97 Å². The first-order valence-corrected chi connectivity index (χ1v) is 7.68. The number of nitrogens with zero attached hydrogens (tertiary/aromatic N) is 1. The van der Waals surface area contributed by atoms with Crippen LogP contribution in [-0.2, 0) is 4.79 Å². The minimum Gasteiger partial charge on any atom is -0.481 e. The van der Waals surface area contributed by atoms with Crippen LogP contribution in [0.15, 0.2) is 0 Å². The lowest BCUT2D eigenvalue weighted by Gasteiger charge is -2.31. The average Bonchev–Trinajstić information content (AvgIpc) is 2.38. The second kappa shape index (κ2) is 8.12. The summed E-state index contributed by atoms with van der Waals surface area (Å²) in [5, 5.41) is 11.9. The molecule has 1 heterocycles. The monoisotopic (exact) mass is 284 g/mol. The van der Waals surface area contributed by atoms with Gasteiger partial charge in [0, 0.05) is 19.1 Å². The highest BCUT2D eigenvalue weighted by molar-refractivity contribution is 5.75. The molecule has 1 saturated heterocycles. The number of amides is 2. The van der Waals surface area contributed by atoms with E-state index in [1.54, 1.807) is 4.90 Å². The molecule has 0 bridgehead atoms. The van der Waals surface area contributed by atoms with Crippen molar-refractivity contribution in [2.75, 3.05) is 13.1 Å². The Labute approximate surface area is 121 Å². The molecular formula is C15H28N2O3. The van der Waals surface area contributed by atoms with E-state index >= 15 is 0 Å². The predicted octanol–water partition coefficient (Wildman–Crippen LogP) is 2.71. The number of hydrogen-bond acceptors (Lipinski definition) is 2. The van der Waals surface area contributed by atoms with E-state index in [9.17, 15) is 9.59 Å². The molecule has 0 saturated carbocycles. The van der Waals surface area contributed by atoms with Gasteiger partial charge in [-0.15, -0.1) is 0 Å². The number of carboxylic acid groups (broad SMARTS) is 1. The Bertz CT molecular complexity index is 323. The summed E-state index contributed by atoms with van der Waals surface area (Å²) in [6.45, 7) is 7.52. The summed E-state index contributed by atoms with van der Waals surface area (Å²) in [7, 11) is 0. The van der Waals surface area contributed by atoms with Crippen LogP contribution < -0.4 is 5.32 Å². The Morgan fingerprint density at radius 1 is 1.20 bits per heavy atom. The minimum atomic E-state index is -0.743. The number of carbonyl (C=O) groups is 2. The molecule has 2 N–H and O–H groups in total. The summed E-state index contributed by atoms with van der Waals surface area (Å²) < 4.78 is 0. The molecule has 5 nitrogen and oxygen atoms in total. The number of piperidine rings is 1. The van der Waals surface area contributed by atoms with Crippen molar-refractivity contribution in [1.82, 2.24) is 10.2 Å². The molecule has 116 valence electrons. The van der Waals surface area contributed by atoms with Crippen LogP contribution in [0.4, 0.5) is 4.79 Å². The lowest BCUT2D eigenvalue weighted by molar-refractivity contribution is -0.143. The quantitative estimate of drug-likeness (QED) is 0.788. The van der Waals surface area contributed by atoms with Gasteiger partial charge in [0.1, 0.15) is 0 Å². The van der Waals surface area contributed by atoms with Crippen molar-refractivity contribution in [1.29, 1.82) is 0 Å². The van der Waals surface area contributed by atoms with Crippen molar-refractivity contribution in [2.24, 2.45) is 11.8 Å². The van der Waals surface area contributed by atoms with Crippen LogP contribution in [-0.4, -0.2) is 41.1 Å². The molecule has 0 aromatic rings. The summed E-state index contributed by atoms with van der Waals surface area (Å²) in [4.78, 5) is 24.6. The maximum Gasteiger partial charge on any atom is 0.317 e. The van der Waals surface area contributed by atoms with E-state index in [-0.39, 0.29) is 18.0 Å². The standard InChI is InChI=1S/C15H28N2O3/c1-11(2)5-4-6-12(3)16-15(20)17-9-7-13(8-10-17)14(18)19/h11-13H,4-10H2,1-3H3,(H,16,20)(H,18,19). The molecule has 1 aliphatic heterocycles. The average molecular weight is 284 g/mol. The van der Waals surface area contributed by atoms with Gasteiger partial charge in [0.15, 0.2) is 0 Å². The van der Waals surface area contributed by atoms with Crippen molar-refractivity contribution in [2.45, 2.75) is 58.9 Å². The zero-order valence-corrected chi connectivity index (χ0v) is 12.9. The Morgan fingerprint density at radius 3 is 2.30 bits per heavy atom. The number of aliphatic carboxylic acids is 1. The smallest absolute Gasteiger partial charge is 0.317 e. The third-order valence-electron chi connectivity index (χ3n) is 3.92. The highest BCUT2D eigenvalue weighted by atomic mass is 16.4. The number of hydrogen-bond donors (Lipinski definition) is 2. The predicted molar refractivity (Wildman–Crippen MR) is 78.6 cm³/mol. The van der Waals surface area contributed by atoms with Crippen molar-refractivity contribution in [3.63, 3.8) is 0 Å². The zero-order valence-electron chi connectivity index (χ0n) is 12.9. The van der Waals surface area contributed by atoms with Gasteiger partial charge in [0.2, 0.25) is 0 Å². The molecule has 0 radical (unpaired) electrons. The molecule has 0 aliphatic carbocycles. The zero-order chi connectivity index (χ0) is 15.1. The molecule has 1 fully saturated rings. The summed E-state index contributed by atoms with van der Waals surface area (Å²) in [5.74, 6) is -0.331. The van der Waals surface area contributed by atoms with Crippen LogP contribution in [0.3, 0.4) is 0 Å². The lowest BCUT2D eigenvalue weighted by Crippen LogP contribution is -2.47. The van der Waals surface area contributed by atoms with Gasteiger partial charge < -0.3 is 15.3 Å². The Balaban J connectivity index is 2.24. The number of nitrogens with one attached hydrogen (secondary N) is 1. The minimum absolute atomic E-state index is 0.0501. The largest absolute Gasteiger partial charge is 0.481 e.